The maximum Gasteiger partial charge on any atom is 0.340 e. The first-order valence-electron chi connectivity index (χ1n) is 4.44. The van der Waals surface area contributed by atoms with Crippen molar-refractivity contribution in [1.29, 1.82) is 5.26 Å². The van der Waals surface area contributed by atoms with Gasteiger partial charge in [0, 0.05) is 0 Å². The third-order valence-corrected chi connectivity index (χ3v) is 2.10. The molecule has 0 saturated carbocycles. The zero-order valence-electron chi connectivity index (χ0n) is 8.50. The molecule has 15 heavy (non-hydrogen) atoms. The molecular weight excluding hydrogens is 197 g/mol. The fourth-order valence-corrected chi connectivity index (χ4v) is 1.28. The predicted molar refractivity (Wildman–Crippen MR) is 51.8 cm³/mol. The maximum atomic E-state index is 13.3. The summed E-state index contributed by atoms with van der Waals surface area (Å²) < 4.78 is 17.8. The second kappa shape index (κ2) is 4.56. The smallest absolute Gasteiger partial charge is 0.340 e. The van der Waals surface area contributed by atoms with Crippen LogP contribution in [0, 0.1) is 17.1 Å². The van der Waals surface area contributed by atoms with Gasteiger partial charge in [0.25, 0.3) is 0 Å². The number of hydrogen-bond donors (Lipinski definition) is 0. The van der Waals surface area contributed by atoms with E-state index in [0.717, 1.165) is 6.07 Å². The van der Waals surface area contributed by atoms with E-state index in [9.17, 15) is 9.18 Å². The lowest BCUT2D eigenvalue weighted by Gasteiger charge is -2.05. The number of aryl methyl sites for hydroxylation is 1. The molecule has 0 aromatic heterocycles. The summed E-state index contributed by atoms with van der Waals surface area (Å²) in [7, 11) is 1.19. The minimum Gasteiger partial charge on any atom is -0.465 e. The van der Waals surface area contributed by atoms with Crippen LogP contribution in [0.3, 0.4) is 0 Å². The van der Waals surface area contributed by atoms with Gasteiger partial charge in [-0.3, -0.25) is 0 Å². The molecule has 0 spiro atoms. The van der Waals surface area contributed by atoms with E-state index < -0.39 is 11.8 Å². The molecule has 3 nitrogen and oxygen atoms in total. The molecule has 0 aliphatic carbocycles. The molecule has 0 heterocycles. The molecule has 1 rings (SSSR count). The Bertz CT molecular complexity index is 435. The van der Waals surface area contributed by atoms with Crippen LogP contribution in [0.2, 0.25) is 0 Å². The minimum absolute atomic E-state index is 0.131. The largest absolute Gasteiger partial charge is 0.465 e. The molecule has 0 amide bonds. The molecule has 0 aliphatic heterocycles. The molecule has 0 saturated heterocycles. The third-order valence-electron chi connectivity index (χ3n) is 2.10. The molecular formula is C11H10FNO2. The van der Waals surface area contributed by atoms with Crippen LogP contribution < -0.4 is 0 Å². The fourth-order valence-electron chi connectivity index (χ4n) is 1.28. The normalized spacial score (nSPS) is 9.47. The topological polar surface area (TPSA) is 50.1 Å². The van der Waals surface area contributed by atoms with Crippen molar-refractivity contribution < 1.29 is 13.9 Å². The first kappa shape index (κ1) is 11.2. The van der Waals surface area contributed by atoms with E-state index in [1.54, 1.807) is 0 Å². The Morgan fingerprint density at radius 2 is 2.27 bits per heavy atom. The standard InChI is InChI=1S/C11H10FNO2/c1-3-7-4-9(11(14)15-2)10(12)5-8(7)6-13/h4-5H,3H2,1-2H3. The Morgan fingerprint density at radius 3 is 2.73 bits per heavy atom. The Kier molecular flexibility index (Phi) is 3.40. The van der Waals surface area contributed by atoms with Crippen LogP contribution in [-0.4, -0.2) is 13.1 Å². The van der Waals surface area contributed by atoms with E-state index in [2.05, 4.69) is 4.74 Å². The molecule has 0 bridgehead atoms. The number of rotatable bonds is 2. The SMILES string of the molecule is CCc1cc(C(=O)OC)c(F)cc1C#N. The Morgan fingerprint density at radius 1 is 1.60 bits per heavy atom. The van der Waals surface area contributed by atoms with Gasteiger partial charge in [-0.25, -0.2) is 9.18 Å². The highest BCUT2D eigenvalue weighted by Crippen LogP contribution is 2.16. The summed E-state index contributed by atoms with van der Waals surface area (Å²) in [6.45, 7) is 1.83. The number of carbonyl (C=O) groups is 1. The number of hydrogen-bond acceptors (Lipinski definition) is 3. The summed E-state index contributed by atoms with van der Waals surface area (Å²) in [6, 6.07) is 4.30. The number of nitrogens with zero attached hydrogens (tertiary/aromatic N) is 1. The quantitative estimate of drug-likeness (QED) is 0.697. The number of halogens is 1. The summed E-state index contributed by atoms with van der Waals surface area (Å²) in [5.41, 5.74) is 0.760. The summed E-state index contributed by atoms with van der Waals surface area (Å²) in [5, 5.41) is 8.73. The molecule has 1 aromatic rings. The van der Waals surface area contributed by atoms with Crippen molar-refractivity contribution in [2.24, 2.45) is 0 Å². The monoisotopic (exact) mass is 207 g/mol. The number of carbonyl (C=O) groups excluding carboxylic acids is 1. The van der Waals surface area contributed by atoms with Crippen LogP contribution in [0.15, 0.2) is 12.1 Å². The zero-order chi connectivity index (χ0) is 11.4. The highest BCUT2D eigenvalue weighted by molar-refractivity contribution is 5.90. The van der Waals surface area contributed by atoms with Gasteiger partial charge in [-0.05, 0) is 24.1 Å². The Hall–Kier alpha value is -1.89. The average molecular weight is 207 g/mol. The van der Waals surface area contributed by atoms with Crippen molar-refractivity contribution in [3.05, 3.63) is 34.6 Å². The molecule has 0 unspecified atom stereocenters. The zero-order valence-corrected chi connectivity index (χ0v) is 8.50. The molecule has 0 fully saturated rings. The molecule has 1 aromatic carbocycles. The second-order valence-corrected chi connectivity index (χ2v) is 2.95. The van der Waals surface area contributed by atoms with Crippen molar-refractivity contribution in [3.8, 4) is 6.07 Å². The van der Waals surface area contributed by atoms with Gasteiger partial charge >= 0.3 is 5.97 Å². The number of methoxy groups -OCH3 is 1. The van der Waals surface area contributed by atoms with Gasteiger partial charge in [0.15, 0.2) is 0 Å². The fraction of sp³-hybridized carbons (Fsp3) is 0.273. The molecule has 0 N–H and O–H groups in total. The molecule has 4 heteroatoms. The third kappa shape index (κ3) is 2.13. The Balaban J connectivity index is 3.33. The van der Waals surface area contributed by atoms with Crippen LogP contribution in [0.25, 0.3) is 0 Å². The average Bonchev–Trinajstić information content (AvgIpc) is 2.27. The van der Waals surface area contributed by atoms with Gasteiger partial charge in [0.05, 0.1) is 24.3 Å². The lowest BCUT2D eigenvalue weighted by molar-refractivity contribution is 0.0595. The van der Waals surface area contributed by atoms with E-state index >= 15 is 0 Å². The number of nitriles is 1. The van der Waals surface area contributed by atoms with Crippen molar-refractivity contribution in [2.75, 3.05) is 7.11 Å². The van der Waals surface area contributed by atoms with Gasteiger partial charge in [0.2, 0.25) is 0 Å². The Labute approximate surface area is 87.1 Å². The van der Waals surface area contributed by atoms with Gasteiger partial charge < -0.3 is 4.74 Å². The molecule has 78 valence electrons. The van der Waals surface area contributed by atoms with E-state index in [1.807, 2.05) is 13.0 Å². The van der Waals surface area contributed by atoms with Crippen LogP contribution >= 0.6 is 0 Å². The number of esters is 1. The summed E-state index contributed by atoms with van der Waals surface area (Å²) in [5.74, 6) is -1.46. The van der Waals surface area contributed by atoms with E-state index in [0.29, 0.717) is 12.0 Å². The van der Waals surface area contributed by atoms with E-state index in [1.165, 1.54) is 13.2 Å². The number of benzene rings is 1. The first-order valence-corrected chi connectivity index (χ1v) is 4.44. The minimum atomic E-state index is -0.730. The van der Waals surface area contributed by atoms with Crippen LogP contribution in [-0.2, 0) is 11.2 Å². The van der Waals surface area contributed by atoms with Crippen LogP contribution in [0.5, 0.6) is 0 Å². The predicted octanol–water partition coefficient (Wildman–Crippen LogP) is 2.05. The molecule has 0 radical (unpaired) electrons. The van der Waals surface area contributed by atoms with Gasteiger partial charge in [-0.2, -0.15) is 5.26 Å². The van der Waals surface area contributed by atoms with E-state index in [-0.39, 0.29) is 11.1 Å². The van der Waals surface area contributed by atoms with Crippen LogP contribution in [0.4, 0.5) is 4.39 Å². The lowest BCUT2D eigenvalue weighted by Crippen LogP contribution is -2.06. The molecule has 0 aliphatic rings. The second-order valence-electron chi connectivity index (χ2n) is 2.95. The van der Waals surface area contributed by atoms with E-state index in [4.69, 9.17) is 5.26 Å². The van der Waals surface area contributed by atoms with Crippen molar-refractivity contribution in [2.45, 2.75) is 13.3 Å². The maximum absolute atomic E-state index is 13.3. The van der Waals surface area contributed by atoms with Crippen molar-refractivity contribution in [3.63, 3.8) is 0 Å². The summed E-state index contributed by atoms with van der Waals surface area (Å²) in [4.78, 5) is 11.2. The molecule has 0 atom stereocenters. The highest BCUT2D eigenvalue weighted by Gasteiger charge is 2.15. The summed E-state index contributed by atoms with van der Waals surface area (Å²) >= 11 is 0. The van der Waals surface area contributed by atoms with Gasteiger partial charge in [-0.1, -0.05) is 6.92 Å². The lowest BCUT2D eigenvalue weighted by atomic mass is 10.0. The van der Waals surface area contributed by atoms with Crippen molar-refractivity contribution >= 4 is 5.97 Å². The van der Waals surface area contributed by atoms with Gasteiger partial charge in [0.1, 0.15) is 5.82 Å². The van der Waals surface area contributed by atoms with Crippen molar-refractivity contribution in [1.82, 2.24) is 0 Å². The summed E-state index contributed by atoms with van der Waals surface area (Å²) in [6.07, 6.45) is 0.563. The van der Waals surface area contributed by atoms with Crippen LogP contribution in [0.1, 0.15) is 28.4 Å². The number of ether oxygens (including phenoxy) is 1. The van der Waals surface area contributed by atoms with Gasteiger partial charge in [-0.15, -0.1) is 0 Å². The highest BCUT2D eigenvalue weighted by atomic mass is 19.1. The first-order chi connectivity index (χ1) is 7.13.